The predicted molar refractivity (Wildman–Crippen MR) is 111 cm³/mol. The molecule has 0 aliphatic heterocycles. The Bertz CT molecular complexity index is 671. The molecule has 1 N–H and O–H groups in total. The summed E-state index contributed by atoms with van der Waals surface area (Å²) in [4.78, 5) is 16.9. The van der Waals surface area contributed by atoms with Crippen LogP contribution < -0.4 is 5.32 Å². The summed E-state index contributed by atoms with van der Waals surface area (Å²) in [7, 11) is -1.78. The van der Waals surface area contributed by atoms with E-state index >= 15 is 0 Å². The van der Waals surface area contributed by atoms with Crippen LogP contribution in [0.25, 0.3) is 0 Å². The van der Waals surface area contributed by atoms with Crippen molar-refractivity contribution in [2.75, 3.05) is 0 Å². The molecule has 1 saturated carbocycles. The molecule has 1 fully saturated rings. The molecule has 0 atom stereocenters. The van der Waals surface area contributed by atoms with Crippen molar-refractivity contribution in [1.82, 2.24) is 10.3 Å². The van der Waals surface area contributed by atoms with Gasteiger partial charge >= 0.3 is 5.97 Å². The molecule has 1 aliphatic carbocycles. The average molecular weight is 393 g/mol. The number of carbonyl (C=O) groups excluding carboxylic acids is 1. The summed E-state index contributed by atoms with van der Waals surface area (Å²) in [5.74, 6) is -0.160. The predicted octanol–water partition coefficient (Wildman–Crippen LogP) is 4.57. The smallest absolute Gasteiger partial charge is 0.326 e. The quantitative estimate of drug-likeness (QED) is 0.544. The summed E-state index contributed by atoms with van der Waals surface area (Å²) in [5, 5.41) is 3.55. The van der Waals surface area contributed by atoms with Gasteiger partial charge in [-0.1, -0.05) is 20.8 Å². The first-order valence-electron chi connectivity index (χ1n) is 9.80. The van der Waals surface area contributed by atoms with Gasteiger partial charge in [-0.2, -0.15) is 0 Å². The number of esters is 1. The third-order valence-electron chi connectivity index (χ3n) is 5.43. The number of carbonyl (C=O) groups is 1. The summed E-state index contributed by atoms with van der Waals surface area (Å²) in [6.45, 7) is 18.1. The molecule has 0 radical (unpaired) electrons. The maximum absolute atomic E-state index is 12.4. The van der Waals surface area contributed by atoms with Crippen LogP contribution in [0.2, 0.25) is 18.1 Å². The maximum Gasteiger partial charge on any atom is 0.326 e. The van der Waals surface area contributed by atoms with Crippen molar-refractivity contribution in [2.45, 2.75) is 96.8 Å². The number of pyridine rings is 1. The van der Waals surface area contributed by atoms with Gasteiger partial charge in [-0.05, 0) is 69.4 Å². The van der Waals surface area contributed by atoms with Gasteiger partial charge in [-0.3, -0.25) is 15.1 Å². The average Bonchev–Trinajstić information content (AvgIpc) is 3.30. The van der Waals surface area contributed by atoms with Gasteiger partial charge in [0.2, 0.25) is 0 Å². The molecule has 0 aromatic carbocycles. The minimum absolute atomic E-state index is 0.160. The molecule has 0 spiro atoms. The number of rotatable bonds is 7. The van der Waals surface area contributed by atoms with Crippen LogP contribution in [0.3, 0.4) is 0 Å². The summed E-state index contributed by atoms with van der Waals surface area (Å²) < 4.78 is 11.9. The molecule has 1 aliphatic rings. The lowest BCUT2D eigenvalue weighted by atomic mass is 10.1. The summed E-state index contributed by atoms with van der Waals surface area (Å²) in [6.07, 6.45) is 3.45. The van der Waals surface area contributed by atoms with E-state index in [2.05, 4.69) is 50.2 Å². The Morgan fingerprint density at radius 1 is 1.22 bits per heavy atom. The molecule has 0 bridgehead atoms. The number of hydrogen-bond acceptors (Lipinski definition) is 5. The van der Waals surface area contributed by atoms with Gasteiger partial charge in [0, 0.05) is 12.7 Å². The standard InChI is InChI=1S/C21H36N2O3Si/c1-19(2,3)26-18(24)21(10-11-21)23-14-17-13-16(9-12-22-17)15-25-27(7,8)20(4,5)6/h9,12-13,23H,10-11,14-15H2,1-8H3. The van der Waals surface area contributed by atoms with Crippen LogP contribution in [0.5, 0.6) is 0 Å². The van der Waals surface area contributed by atoms with E-state index in [-0.39, 0.29) is 11.0 Å². The highest BCUT2D eigenvalue weighted by Crippen LogP contribution is 2.38. The number of hydrogen-bond donors (Lipinski definition) is 1. The van der Waals surface area contributed by atoms with Crippen LogP contribution in [0.15, 0.2) is 18.3 Å². The largest absolute Gasteiger partial charge is 0.459 e. The van der Waals surface area contributed by atoms with Crippen molar-refractivity contribution in [1.29, 1.82) is 0 Å². The minimum Gasteiger partial charge on any atom is -0.459 e. The SMILES string of the molecule is CC(C)(C)OC(=O)C1(NCc2cc(CO[Si](C)(C)C(C)(C)C)ccn2)CC1. The Labute approximate surface area is 165 Å². The molecule has 0 amide bonds. The molecule has 27 heavy (non-hydrogen) atoms. The fourth-order valence-electron chi connectivity index (χ4n) is 2.41. The number of aromatic nitrogens is 1. The Hall–Kier alpha value is -1.24. The Balaban J connectivity index is 1.94. The van der Waals surface area contributed by atoms with E-state index < -0.39 is 19.5 Å². The van der Waals surface area contributed by atoms with Crippen molar-refractivity contribution in [2.24, 2.45) is 0 Å². The number of nitrogens with zero attached hydrogens (tertiary/aromatic N) is 1. The lowest BCUT2D eigenvalue weighted by Crippen LogP contribution is -2.43. The zero-order valence-corrected chi connectivity index (χ0v) is 19.2. The van der Waals surface area contributed by atoms with E-state index in [1.165, 1.54) is 0 Å². The second-order valence-electron chi connectivity index (χ2n) is 10.1. The van der Waals surface area contributed by atoms with E-state index in [0.29, 0.717) is 13.2 Å². The molecule has 6 heteroatoms. The molecule has 5 nitrogen and oxygen atoms in total. The molecule has 1 aromatic heterocycles. The fourth-order valence-corrected chi connectivity index (χ4v) is 3.37. The molecule has 0 saturated heterocycles. The monoisotopic (exact) mass is 392 g/mol. The summed E-state index contributed by atoms with van der Waals surface area (Å²) in [5.41, 5.74) is 1.03. The molecular formula is C21H36N2O3Si. The van der Waals surface area contributed by atoms with Crippen LogP contribution in [-0.2, 0) is 27.1 Å². The van der Waals surface area contributed by atoms with Crippen LogP contribution in [-0.4, -0.2) is 30.4 Å². The van der Waals surface area contributed by atoms with E-state index in [1.807, 2.05) is 33.0 Å². The van der Waals surface area contributed by atoms with Gasteiger partial charge in [0.1, 0.15) is 11.1 Å². The van der Waals surface area contributed by atoms with Crippen molar-refractivity contribution < 1.29 is 14.0 Å². The summed E-state index contributed by atoms with van der Waals surface area (Å²) >= 11 is 0. The van der Waals surface area contributed by atoms with Gasteiger partial charge in [0.15, 0.2) is 8.32 Å². The fraction of sp³-hybridized carbons (Fsp3) is 0.714. The van der Waals surface area contributed by atoms with Crippen LogP contribution in [0.4, 0.5) is 0 Å². The van der Waals surface area contributed by atoms with Crippen molar-refractivity contribution >= 4 is 14.3 Å². The highest BCUT2D eigenvalue weighted by atomic mass is 28.4. The summed E-state index contributed by atoms with van der Waals surface area (Å²) in [6, 6.07) is 4.06. The second kappa shape index (κ2) is 7.64. The van der Waals surface area contributed by atoms with E-state index in [9.17, 15) is 4.79 Å². The minimum atomic E-state index is -1.78. The normalized spacial score (nSPS) is 16.9. The third kappa shape index (κ3) is 6.12. The first-order chi connectivity index (χ1) is 12.2. The Morgan fingerprint density at radius 3 is 2.37 bits per heavy atom. The van der Waals surface area contributed by atoms with E-state index in [4.69, 9.17) is 9.16 Å². The topological polar surface area (TPSA) is 60.5 Å². The molecule has 1 heterocycles. The van der Waals surface area contributed by atoms with E-state index in [1.54, 1.807) is 0 Å². The second-order valence-corrected chi connectivity index (χ2v) is 15.0. The van der Waals surface area contributed by atoms with Crippen molar-refractivity contribution in [3.05, 3.63) is 29.6 Å². The first-order valence-corrected chi connectivity index (χ1v) is 12.7. The van der Waals surface area contributed by atoms with Gasteiger partial charge in [-0.25, -0.2) is 0 Å². The lowest BCUT2D eigenvalue weighted by Gasteiger charge is -2.36. The first kappa shape index (κ1) is 22.1. The molecule has 152 valence electrons. The maximum atomic E-state index is 12.4. The molecule has 0 unspecified atom stereocenters. The van der Waals surface area contributed by atoms with Gasteiger partial charge in [0.25, 0.3) is 0 Å². The van der Waals surface area contributed by atoms with Crippen molar-refractivity contribution in [3.63, 3.8) is 0 Å². The van der Waals surface area contributed by atoms with Gasteiger partial charge in [0.05, 0.1) is 12.3 Å². The van der Waals surface area contributed by atoms with E-state index in [0.717, 1.165) is 24.1 Å². The van der Waals surface area contributed by atoms with Gasteiger partial charge < -0.3 is 9.16 Å². The van der Waals surface area contributed by atoms with Crippen LogP contribution >= 0.6 is 0 Å². The Morgan fingerprint density at radius 2 is 1.85 bits per heavy atom. The highest BCUT2D eigenvalue weighted by Gasteiger charge is 2.52. The zero-order chi connectivity index (χ0) is 20.5. The van der Waals surface area contributed by atoms with Crippen molar-refractivity contribution in [3.8, 4) is 0 Å². The number of ether oxygens (including phenoxy) is 1. The van der Waals surface area contributed by atoms with Crippen LogP contribution in [0, 0.1) is 0 Å². The third-order valence-corrected chi connectivity index (χ3v) is 9.91. The molecule has 2 rings (SSSR count). The lowest BCUT2D eigenvalue weighted by molar-refractivity contribution is -0.158. The molecular weight excluding hydrogens is 356 g/mol. The highest BCUT2D eigenvalue weighted by molar-refractivity contribution is 6.74. The Kier molecular flexibility index (Phi) is 6.24. The molecule has 1 aromatic rings. The van der Waals surface area contributed by atoms with Gasteiger partial charge in [-0.15, -0.1) is 0 Å². The zero-order valence-electron chi connectivity index (χ0n) is 18.2. The number of nitrogens with one attached hydrogen (secondary N) is 1. The van der Waals surface area contributed by atoms with Crippen LogP contribution in [0.1, 0.15) is 65.6 Å².